The molecule has 2 rings (SSSR count). The summed E-state index contributed by atoms with van der Waals surface area (Å²) in [5.74, 6) is 2.20. The van der Waals surface area contributed by atoms with Crippen molar-refractivity contribution in [1.82, 2.24) is 15.4 Å². The fourth-order valence-corrected chi connectivity index (χ4v) is 3.16. The molecule has 0 aliphatic carbocycles. The summed E-state index contributed by atoms with van der Waals surface area (Å²) in [7, 11) is 0. The molecular formula is C13H23N3OS. The van der Waals surface area contributed by atoms with E-state index >= 15 is 0 Å². The molecule has 0 bridgehead atoms. The fourth-order valence-electron chi connectivity index (χ4n) is 2.08. The molecule has 0 saturated carbocycles. The van der Waals surface area contributed by atoms with E-state index in [0.717, 1.165) is 42.9 Å². The van der Waals surface area contributed by atoms with E-state index in [4.69, 9.17) is 4.52 Å². The van der Waals surface area contributed by atoms with Crippen molar-refractivity contribution in [2.24, 2.45) is 0 Å². The molecule has 2 heterocycles. The Morgan fingerprint density at radius 3 is 3.17 bits per heavy atom. The van der Waals surface area contributed by atoms with Gasteiger partial charge >= 0.3 is 0 Å². The van der Waals surface area contributed by atoms with Gasteiger partial charge < -0.3 is 9.84 Å². The Labute approximate surface area is 113 Å². The monoisotopic (exact) mass is 269 g/mol. The van der Waals surface area contributed by atoms with Crippen LogP contribution in [0.2, 0.25) is 0 Å². The van der Waals surface area contributed by atoms with Crippen LogP contribution < -0.4 is 5.32 Å². The zero-order valence-electron chi connectivity index (χ0n) is 11.5. The molecule has 1 atom stereocenters. The van der Waals surface area contributed by atoms with Gasteiger partial charge in [-0.05, 0) is 0 Å². The zero-order chi connectivity index (χ0) is 13.0. The minimum absolute atomic E-state index is 0.477. The van der Waals surface area contributed by atoms with Gasteiger partial charge in [0.05, 0.1) is 12.2 Å². The first-order chi connectivity index (χ1) is 8.63. The highest BCUT2D eigenvalue weighted by Crippen LogP contribution is 2.19. The van der Waals surface area contributed by atoms with E-state index in [-0.39, 0.29) is 0 Å². The molecule has 0 radical (unpaired) electrons. The predicted octanol–water partition coefficient (Wildman–Crippen LogP) is 2.11. The van der Waals surface area contributed by atoms with Gasteiger partial charge in [0.2, 0.25) is 0 Å². The standard InChI is InChI=1S/C13H23N3OS/c1-10(2)14-7-12-6-13(17-15-12)9-16-4-5-18-11(3)8-16/h6,10-11,14H,4-5,7-9H2,1-3H3. The lowest BCUT2D eigenvalue weighted by Crippen LogP contribution is -2.35. The topological polar surface area (TPSA) is 41.3 Å². The van der Waals surface area contributed by atoms with Crippen molar-refractivity contribution in [3.63, 3.8) is 0 Å². The number of aromatic nitrogens is 1. The molecule has 1 saturated heterocycles. The number of hydrogen-bond donors (Lipinski definition) is 1. The third-order valence-corrected chi connectivity index (χ3v) is 4.14. The summed E-state index contributed by atoms with van der Waals surface area (Å²) >= 11 is 2.05. The average molecular weight is 269 g/mol. The second-order valence-corrected chi connectivity index (χ2v) is 6.78. The predicted molar refractivity (Wildman–Crippen MR) is 75.7 cm³/mol. The first-order valence-electron chi connectivity index (χ1n) is 6.65. The van der Waals surface area contributed by atoms with E-state index in [2.05, 4.69) is 54.0 Å². The van der Waals surface area contributed by atoms with Crippen LogP contribution in [-0.4, -0.2) is 40.2 Å². The van der Waals surface area contributed by atoms with Gasteiger partial charge in [-0.3, -0.25) is 4.90 Å². The first-order valence-corrected chi connectivity index (χ1v) is 7.70. The summed E-state index contributed by atoms with van der Waals surface area (Å²) in [5.41, 5.74) is 0.998. The maximum atomic E-state index is 5.40. The number of nitrogens with one attached hydrogen (secondary N) is 1. The zero-order valence-corrected chi connectivity index (χ0v) is 12.3. The van der Waals surface area contributed by atoms with Crippen LogP contribution in [0.4, 0.5) is 0 Å². The Bertz CT molecular complexity index is 367. The Morgan fingerprint density at radius 2 is 2.44 bits per heavy atom. The largest absolute Gasteiger partial charge is 0.360 e. The van der Waals surface area contributed by atoms with Crippen molar-refractivity contribution in [3.05, 3.63) is 17.5 Å². The number of hydrogen-bond acceptors (Lipinski definition) is 5. The molecule has 1 aromatic heterocycles. The Morgan fingerprint density at radius 1 is 1.61 bits per heavy atom. The Kier molecular flexibility index (Phi) is 5.09. The lowest BCUT2D eigenvalue weighted by atomic mass is 10.3. The third kappa shape index (κ3) is 4.30. The average Bonchev–Trinajstić information content (AvgIpc) is 2.74. The normalized spacial score (nSPS) is 21.7. The van der Waals surface area contributed by atoms with Gasteiger partial charge in [0, 0.05) is 42.7 Å². The van der Waals surface area contributed by atoms with Crippen LogP contribution in [0.15, 0.2) is 10.6 Å². The highest BCUT2D eigenvalue weighted by molar-refractivity contribution is 7.99. The fraction of sp³-hybridized carbons (Fsp3) is 0.769. The highest BCUT2D eigenvalue weighted by atomic mass is 32.2. The molecule has 1 aliphatic heterocycles. The molecule has 0 spiro atoms. The van der Waals surface area contributed by atoms with Crippen molar-refractivity contribution in [2.75, 3.05) is 18.8 Å². The van der Waals surface area contributed by atoms with Gasteiger partial charge in [-0.2, -0.15) is 11.8 Å². The van der Waals surface area contributed by atoms with Crippen LogP contribution in [0.1, 0.15) is 32.2 Å². The molecule has 5 heteroatoms. The van der Waals surface area contributed by atoms with E-state index in [1.54, 1.807) is 0 Å². The van der Waals surface area contributed by atoms with Gasteiger partial charge in [-0.25, -0.2) is 0 Å². The van der Waals surface area contributed by atoms with E-state index in [0.29, 0.717) is 6.04 Å². The Balaban J connectivity index is 1.82. The highest BCUT2D eigenvalue weighted by Gasteiger charge is 2.18. The van der Waals surface area contributed by atoms with Crippen molar-refractivity contribution < 1.29 is 4.52 Å². The first kappa shape index (κ1) is 13.9. The molecule has 1 aliphatic rings. The molecule has 4 nitrogen and oxygen atoms in total. The van der Waals surface area contributed by atoms with Crippen molar-refractivity contribution in [1.29, 1.82) is 0 Å². The number of thioether (sulfide) groups is 1. The van der Waals surface area contributed by atoms with Crippen LogP contribution in [0, 0.1) is 0 Å². The van der Waals surface area contributed by atoms with Crippen LogP contribution in [0.3, 0.4) is 0 Å². The van der Waals surface area contributed by atoms with E-state index in [1.165, 1.54) is 5.75 Å². The third-order valence-electron chi connectivity index (χ3n) is 3.00. The van der Waals surface area contributed by atoms with Crippen molar-refractivity contribution >= 4 is 11.8 Å². The summed E-state index contributed by atoms with van der Waals surface area (Å²) in [4.78, 5) is 2.45. The molecule has 18 heavy (non-hydrogen) atoms. The number of rotatable bonds is 5. The molecule has 1 aromatic rings. The lowest BCUT2D eigenvalue weighted by Gasteiger charge is -2.29. The second kappa shape index (κ2) is 6.59. The van der Waals surface area contributed by atoms with E-state index in [9.17, 15) is 0 Å². The minimum atomic E-state index is 0.477. The van der Waals surface area contributed by atoms with Gasteiger partial charge in [0.15, 0.2) is 5.76 Å². The van der Waals surface area contributed by atoms with Crippen LogP contribution in [0.25, 0.3) is 0 Å². The van der Waals surface area contributed by atoms with Gasteiger partial charge in [-0.15, -0.1) is 0 Å². The SMILES string of the molecule is CC(C)NCc1cc(CN2CCSC(C)C2)on1. The molecular weight excluding hydrogens is 246 g/mol. The summed E-state index contributed by atoms with van der Waals surface area (Å²) in [5, 5.41) is 8.18. The summed E-state index contributed by atoms with van der Waals surface area (Å²) < 4.78 is 5.40. The molecule has 0 aromatic carbocycles. The summed E-state index contributed by atoms with van der Waals surface area (Å²) in [6, 6.07) is 2.55. The van der Waals surface area contributed by atoms with Crippen LogP contribution in [-0.2, 0) is 13.1 Å². The summed E-state index contributed by atoms with van der Waals surface area (Å²) in [6.45, 7) is 10.5. The maximum absolute atomic E-state index is 5.40. The van der Waals surface area contributed by atoms with Crippen LogP contribution in [0.5, 0.6) is 0 Å². The van der Waals surface area contributed by atoms with Crippen LogP contribution >= 0.6 is 11.8 Å². The summed E-state index contributed by atoms with van der Waals surface area (Å²) in [6.07, 6.45) is 0. The second-order valence-electron chi connectivity index (χ2n) is 5.24. The van der Waals surface area contributed by atoms with E-state index in [1.807, 2.05) is 0 Å². The van der Waals surface area contributed by atoms with Crippen molar-refractivity contribution in [3.8, 4) is 0 Å². The molecule has 1 unspecified atom stereocenters. The van der Waals surface area contributed by atoms with Gasteiger partial charge in [0.25, 0.3) is 0 Å². The van der Waals surface area contributed by atoms with Gasteiger partial charge in [0.1, 0.15) is 0 Å². The molecule has 1 fully saturated rings. The molecule has 102 valence electrons. The molecule has 1 N–H and O–H groups in total. The smallest absolute Gasteiger partial charge is 0.151 e. The Hall–Kier alpha value is -0.520. The number of nitrogens with zero attached hydrogens (tertiary/aromatic N) is 2. The van der Waals surface area contributed by atoms with E-state index < -0.39 is 0 Å². The van der Waals surface area contributed by atoms with Crippen molar-refractivity contribution in [2.45, 2.75) is 45.2 Å². The van der Waals surface area contributed by atoms with Gasteiger partial charge in [-0.1, -0.05) is 25.9 Å². The lowest BCUT2D eigenvalue weighted by molar-refractivity contribution is 0.239. The minimum Gasteiger partial charge on any atom is -0.360 e. The molecule has 0 amide bonds. The maximum Gasteiger partial charge on any atom is 0.151 e. The quantitative estimate of drug-likeness (QED) is 0.886.